The molecule has 6 heteroatoms. The third-order valence-corrected chi connectivity index (χ3v) is 3.38. The zero-order chi connectivity index (χ0) is 15.4. The highest BCUT2D eigenvalue weighted by molar-refractivity contribution is 9.10. The number of nitriles is 1. The van der Waals surface area contributed by atoms with Crippen LogP contribution in [0.25, 0.3) is 0 Å². The maximum atomic E-state index is 11.0. The zero-order valence-corrected chi connectivity index (χ0v) is 12.5. The smallest absolute Gasteiger partial charge is 0.335 e. The number of aromatic carboxylic acids is 1. The standard InChI is InChI=1S/C15H10BrNO4/c1-20-13-6-5-9(15(18)19)7-14(13)21-12-4-2-3-11(16)10(12)8-17/h2-7H,1H3,(H,18,19). The predicted molar refractivity (Wildman–Crippen MR) is 78.9 cm³/mol. The van der Waals surface area contributed by atoms with Gasteiger partial charge in [0.2, 0.25) is 0 Å². The van der Waals surface area contributed by atoms with Gasteiger partial charge < -0.3 is 14.6 Å². The quantitative estimate of drug-likeness (QED) is 0.909. The summed E-state index contributed by atoms with van der Waals surface area (Å²) in [6, 6.07) is 11.4. The van der Waals surface area contributed by atoms with E-state index in [0.29, 0.717) is 21.5 Å². The van der Waals surface area contributed by atoms with Crippen molar-refractivity contribution in [1.82, 2.24) is 0 Å². The number of methoxy groups -OCH3 is 1. The van der Waals surface area contributed by atoms with Gasteiger partial charge in [0.25, 0.3) is 0 Å². The molecule has 2 rings (SSSR count). The molecule has 106 valence electrons. The fraction of sp³-hybridized carbons (Fsp3) is 0.0667. The molecule has 1 N–H and O–H groups in total. The fourth-order valence-electron chi connectivity index (χ4n) is 1.71. The highest BCUT2D eigenvalue weighted by Crippen LogP contribution is 2.35. The summed E-state index contributed by atoms with van der Waals surface area (Å²) in [4.78, 5) is 11.0. The molecule has 21 heavy (non-hydrogen) atoms. The maximum absolute atomic E-state index is 11.0. The summed E-state index contributed by atoms with van der Waals surface area (Å²) in [5.41, 5.74) is 0.389. The third kappa shape index (κ3) is 3.15. The first-order valence-corrected chi connectivity index (χ1v) is 6.64. The molecule has 0 aliphatic heterocycles. The van der Waals surface area contributed by atoms with E-state index in [1.165, 1.54) is 25.3 Å². The number of halogens is 1. The van der Waals surface area contributed by atoms with Gasteiger partial charge in [0.15, 0.2) is 11.5 Å². The van der Waals surface area contributed by atoms with E-state index in [-0.39, 0.29) is 11.3 Å². The number of carboxylic acids is 1. The first kappa shape index (κ1) is 14.9. The zero-order valence-electron chi connectivity index (χ0n) is 11.0. The van der Waals surface area contributed by atoms with Crippen molar-refractivity contribution in [2.24, 2.45) is 0 Å². The lowest BCUT2D eigenvalue weighted by atomic mass is 10.2. The molecule has 0 aromatic heterocycles. The first-order valence-electron chi connectivity index (χ1n) is 5.84. The number of carboxylic acid groups (broad SMARTS) is 1. The maximum Gasteiger partial charge on any atom is 0.335 e. The average Bonchev–Trinajstić information content (AvgIpc) is 2.47. The molecule has 2 aromatic rings. The number of benzene rings is 2. The van der Waals surface area contributed by atoms with Crippen LogP contribution < -0.4 is 9.47 Å². The highest BCUT2D eigenvalue weighted by Gasteiger charge is 2.14. The molecule has 0 atom stereocenters. The van der Waals surface area contributed by atoms with Gasteiger partial charge in [-0.1, -0.05) is 6.07 Å². The molecule has 0 fully saturated rings. The fourth-order valence-corrected chi connectivity index (χ4v) is 2.14. The van der Waals surface area contributed by atoms with Crippen LogP contribution in [0.3, 0.4) is 0 Å². The minimum atomic E-state index is -1.07. The molecular weight excluding hydrogens is 338 g/mol. The Morgan fingerprint density at radius 2 is 2.00 bits per heavy atom. The summed E-state index contributed by atoms with van der Waals surface area (Å²) in [7, 11) is 1.45. The van der Waals surface area contributed by atoms with Crippen molar-refractivity contribution in [1.29, 1.82) is 5.26 Å². The molecule has 0 radical (unpaired) electrons. The van der Waals surface area contributed by atoms with Crippen LogP contribution in [0.1, 0.15) is 15.9 Å². The summed E-state index contributed by atoms with van der Waals surface area (Å²) >= 11 is 3.27. The van der Waals surface area contributed by atoms with Gasteiger partial charge in [0.1, 0.15) is 17.4 Å². The second-order valence-electron chi connectivity index (χ2n) is 4.00. The van der Waals surface area contributed by atoms with Crippen molar-refractivity contribution in [2.75, 3.05) is 7.11 Å². The topological polar surface area (TPSA) is 79.6 Å². The van der Waals surface area contributed by atoms with Crippen molar-refractivity contribution < 1.29 is 19.4 Å². The summed E-state index contributed by atoms with van der Waals surface area (Å²) in [5.74, 6) is -0.152. The predicted octanol–water partition coefficient (Wildman–Crippen LogP) is 3.82. The van der Waals surface area contributed by atoms with E-state index >= 15 is 0 Å². The minimum absolute atomic E-state index is 0.0688. The van der Waals surface area contributed by atoms with E-state index < -0.39 is 5.97 Å². The minimum Gasteiger partial charge on any atom is -0.493 e. The van der Waals surface area contributed by atoms with Gasteiger partial charge in [-0.05, 0) is 46.3 Å². The molecule has 0 saturated carbocycles. The van der Waals surface area contributed by atoms with Crippen molar-refractivity contribution in [2.45, 2.75) is 0 Å². The summed E-state index contributed by atoms with van der Waals surface area (Å²) in [5, 5.41) is 18.2. The van der Waals surface area contributed by atoms with Crippen molar-refractivity contribution >= 4 is 21.9 Å². The molecule has 5 nitrogen and oxygen atoms in total. The highest BCUT2D eigenvalue weighted by atomic mass is 79.9. The Hall–Kier alpha value is -2.52. The van der Waals surface area contributed by atoms with E-state index in [1.807, 2.05) is 6.07 Å². The molecule has 0 bridgehead atoms. The Morgan fingerprint density at radius 3 is 2.62 bits per heavy atom. The van der Waals surface area contributed by atoms with Crippen LogP contribution in [0.2, 0.25) is 0 Å². The van der Waals surface area contributed by atoms with Crippen LogP contribution >= 0.6 is 15.9 Å². The molecule has 2 aromatic carbocycles. The van der Waals surface area contributed by atoms with Crippen LogP contribution in [-0.4, -0.2) is 18.2 Å². The lowest BCUT2D eigenvalue weighted by Gasteiger charge is -2.12. The normalized spacial score (nSPS) is 9.76. The van der Waals surface area contributed by atoms with Gasteiger partial charge >= 0.3 is 5.97 Å². The van der Waals surface area contributed by atoms with Crippen molar-refractivity contribution in [3.05, 3.63) is 52.0 Å². The van der Waals surface area contributed by atoms with Crippen LogP contribution in [-0.2, 0) is 0 Å². The number of carbonyl (C=O) groups is 1. The van der Waals surface area contributed by atoms with Crippen LogP contribution in [0.15, 0.2) is 40.9 Å². The van der Waals surface area contributed by atoms with Gasteiger partial charge in [-0.3, -0.25) is 0 Å². The van der Waals surface area contributed by atoms with Gasteiger partial charge in [0, 0.05) is 4.47 Å². The Bertz CT molecular complexity index is 737. The van der Waals surface area contributed by atoms with Crippen molar-refractivity contribution in [3.63, 3.8) is 0 Å². The van der Waals surface area contributed by atoms with E-state index in [2.05, 4.69) is 15.9 Å². The van der Waals surface area contributed by atoms with Gasteiger partial charge in [-0.25, -0.2) is 4.79 Å². The molecular formula is C15H10BrNO4. The van der Waals surface area contributed by atoms with Gasteiger partial charge in [-0.2, -0.15) is 5.26 Å². The van der Waals surface area contributed by atoms with E-state index in [0.717, 1.165) is 0 Å². The van der Waals surface area contributed by atoms with E-state index in [4.69, 9.17) is 19.8 Å². The Morgan fingerprint density at radius 1 is 1.24 bits per heavy atom. The largest absolute Gasteiger partial charge is 0.493 e. The van der Waals surface area contributed by atoms with Gasteiger partial charge in [0.05, 0.1) is 12.7 Å². The molecule has 0 heterocycles. The Kier molecular flexibility index (Phi) is 4.45. The Balaban J connectivity index is 2.48. The summed E-state index contributed by atoms with van der Waals surface area (Å²) in [6.45, 7) is 0. The number of ether oxygens (including phenoxy) is 2. The molecule has 0 spiro atoms. The lowest BCUT2D eigenvalue weighted by molar-refractivity contribution is 0.0696. The second-order valence-corrected chi connectivity index (χ2v) is 4.85. The summed E-state index contributed by atoms with van der Waals surface area (Å²) in [6.07, 6.45) is 0. The molecule has 0 aliphatic carbocycles. The SMILES string of the molecule is COc1ccc(C(=O)O)cc1Oc1cccc(Br)c1C#N. The second kappa shape index (κ2) is 6.29. The number of hydrogen-bond acceptors (Lipinski definition) is 4. The van der Waals surface area contributed by atoms with Crippen LogP contribution in [0, 0.1) is 11.3 Å². The number of hydrogen-bond donors (Lipinski definition) is 1. The van der Waals surface area contributed by atoms with E-state index in [1.54, 1.807) is 18.2 Å². The average molecular weight is 348 g/mol. The Labute approximate surface area is 129 Å². The molecule has 0 unspecified atom stereocenters. The van der Waals surface area contributed by atoms with Crippen molar-refractivity contribution in [3.8, 4) is 23.3 Å². The monoisotopic (exact) mass is 347 g/mol. The summed E-state index contributed by atoms with van der Waals surface area (Å²) < 4.78 is 11.4. The molecule has 0 saturated heterocycles. The number of rotatable bonds is 4. The first-order chi connectivity index (χ1) is 10.1. The van der Waals surface area contributed by atoms with Crippen LogP contribution in [0.5, 0.6) is 17.2 Å². The lowest BCUT2D eigenvalue weighted by Crippen LogP contribution is -1.99. The van der Waals surface area contributed by atoms with Gasteiger partial charge in [-0.15, -0.1) is 0 Å². The molecule has 0 aliphatic rings. The number of nitrogens with zero attached hydrogens (tertiary/aromatic N) is 1. The third-order valence-electron chi connectivity index (χ3n) is 2.72. The molecule has 0 amide bonds. The van der Waals surface area contributed by atoms with Crippen LogP contribution in [0.4, 0.5) is 0 Å². The van der Waals surface area contributed by atoms with E-state index in [9.17, 15) is 4.79 Å².